The van der Waals surface area contributed by atoms with Gasteiger partial charge in [0.1, 0.15) is 5.41 Å². The minimum atomic E-state index is -1.01. The summed E-state index contributed by atoms with van der Waals surface area (Å²) in [6.07, 6.45) is 0.357. The van der Waals surface area contributed by atoms with Gasteiger partial charge in [-0.3, -0.25) is 9.59 Å². The molecule has 1 rings (SSSR count). The smallest absolute Gasteiger partial charge is 0.315 e. The van der Waals surface area contributed by atoms with Gasteiger partial charge >= 0.3 is 5.97 Å². The average molecular weight is 299 g/mol. The molecular weight excluding hydrogens is 278 g/mol. The molecule has 0 radical (unpaired) electrons. The predicted molar refractivity (Wildman–Crippen MR) is 79.2 cm³/mol. The van der Waals surface area contributed by atoms with Crippen LogP contribution in [0.2, 0.25) is 0 Å². The molecule has 112 valence electrons. The topological polar surface area (TPSA) is 91.3 Å². The Morgan fingerprint density at radius 1 is 1.45 bits per heavy atom. The van der Waals surface area contributed by atoms with Crippen molar-refractivity contribution in [3.63, 3.8) is 0 Å². The Labute approximate surface area is 122 Å². The van der Waals surface area contributed by atoms with Gasteiger partial charge in [0.2, 0.25) is 5.91 Å². The Kier molecular flexibility index (Phi) is 5.50. The first kappa shape index (κ1) is 16.4. The number of amides is 1. The van der Waals surface area contributed by atoms with Crippen molar-refractivity contribution in [2.45, 2.75) is 45.6 Å². The van der Waals surface area contributed by atoms with Gasteiger partial charge in [0.05, 0.1) is 5.69 Å². The van der Waals surface area contributed by atoms with Crippen LogP contribution in [-0.4, -0.2) is 34.6 Å². The molecule has 0 atom stereocenters. The number of carboxylic acids is 1. The zero-order chi connectivity index (χ0) is 15.3. The molecule has 1 aromatic heterocycles. The van der Waals surface area contributed by atoms with Gasteiger partial charge in [0.15, 0.2) is 5.13 Å². The molecule has 1 amide bonds. The molecule has 6 nitrogen and oxygen atoms in total. The van der Waals surface area contributed by atoms with Crippen molar-refractivity contribution in [1.29, 1.82) is 0 Å². The lowest BCUT2D eigenvalue weighted by atomic mass is 9.90. The van der Waals surface area contributed by atoms with Crippen molar-refractivity contribution >= 4 is 28.3 Å². The number of anilines is 1. The van der Waals surface area contributed by atoms with Gasteiger partial charge in [-0.15, -0.1) is 11.3 Å². The molecule has 0 aliphatic carbocycles. The number of hydrogen-bond acceptors (Lipinski definition) is 5. The van der Waals surface area contributed by atoms with Crippen LogP contribution < -0.4 is 10.6 Å². The highest BCUT2D eigenvalue weighted by molar-refractivity contribution is 7.13. The van der Waals surface area contributed by atoms with Crippen molar-refractivity contribution in [3.05, 3.63) is 11.1 Å². The van der Waals surface area contributed by atoms with E-state index in [0.29, 0.717) is 23.8 Å². The van der Waals surface area contributed by atoms with Gasteiger partial charge in [-0.05, 0) is 27.7 Å². The van der Waals surface area contributed by atoms with Crippen molar-refractivity contribution < 1.29 is 14.7 Å². The fourth-order valence-electron chi connectivity index (χ4n) is 1.43. The van der Waals surface area contributed by atoms with E-state index in [2.05, 4.69) is 15.6 Å². The van der Waals surface area contributed by atoms with Gasteiger partial charge in [0, 0.05) is 24.4 Å². The van der Waals surface area contributed by atoms with Crippen molar-refractivity contribution in [2.24, 2.45) is 0 Å². The number of aliphatic carboxylic acids is 1. The maximum Gasteiger partial charge on any atom is 0.315 e. The van der Waals surface area contributed by atoms with Crippen molar-refractivity contribution in [2.75, 3.05) is 11.9 Å². The van der Waals surface area contributed by atoms with Crippen molar-refractivity contribution in [3.8, 4) is 0 Å². The fourth-order valence-corrected chi connectivity index (χ4v) is 2.34. The van der Waals surface area contributed by atoms with E-state index in [1.54, 1.807) is 19.2 Å². The summed E-state index contributed by atoms with van der Waals surface area (Å²) in [6, 6.07) is 0.130. The Morgan fingerprint density at radius 3 is 2.65 bits per heavy atom. The Balaban J connectivity index is 2.49. The molecule has 0 saturated heterocycles. The number of rotatable bonds is 7. The molecule has 0 unspecified atom stereocenters. The quantitative estimate of drug-likeness (QED) is 0.714. The third kappa shape index (κ3) is 4.48. The maximum atomic E-state index is 11.5. The number of hydrogen-bond donors (Lipinski definition) is 3. The van der Waals surface area contributed by atoms with E-state index >= 15 is 0 Å². The molecule has 0 aromatic carbocycles. The van der Waals surface area contributed by atoms with Gasteiger partial charge in [-0.1, -0.05) is 0 Å². The Hall–Kier alpha value is -1.63. The average Bonchev–Trinajstić information content (AvgIpc) is 2.77. The van der Waals surface area contributed by atoms with E-state index < -0.39 is 11.4 Å². The molecule has 0 spiro atoms. The lowest BCUT2D eigenvalue weighted by Gasteiger charge is -2.15. The highest BCUT2D eigenvalue weighted by Gasteiger charge is 2.32. The minimum absolute atomic E-state index is 0.0184. The first-order valence-corrected chi connectivity index (χ1v) is 7.34. The van der Waals surface area contributed by atoms with Crippen LogP contribution in [0.5, 0.6) is 0 Å². The van der Waals surface area contributed by atoms with Crippen LogP contribution in [0, 0.1) is 0 Å². The number of nitrogens with zero attached hydrogens (tertiary/aromatic N) is 1. The summed E-state index contributed by atoms with van der Waals surface area (Å²) in [6.45, 7) is 7.52. The van der Waals surface area contributed by atoms with E-state index in [0.717, 1.165) is 0 Å². The second-order valence-corrected chi connectivity index (χ2v) is 6.23. The third-order valence-electron chi connectivity index (χ3n) is 2.76. The molecular formula is C13H21N3O3S. The second kappa shape index (κ2) is 6.69. The molecule has 1 aromatic rings. The number of nitrogens with one attached hydrogen (secondary N) is 2. The summed E-state index contributed by atoms with van der Waals surface area (Å²) in [5, 5.41) is 17.3. The largest absolute Gasteiger partial charge is 0.481 e. The minimum Gasteiger partial charge on any atom is -0.481 e. The number of carbonyl (C=O) groups is 2. The summed E-state index contributed by atoms with van der Waals surface area (Å²) in [4.78, 5) is 26.8. The first-order chi connectivity index (χ1) is 9.23. The standard InChI is InChI=1S/C13H21N3O3S/c1-8(2)15-10(17)5-6-14-12-16-9(7-20-12)13(3,4)11(18)19/h7-8H,5-6H2,1-4H3,(H,14,16)(H,15,17)(H,18,19). The van der Waals surface area contributed by atoms with Crippen LogP contribution >= 0.6 is 11.3 Å². The van der Waals surface area contributed by atoms with Crippen LogP contribution in [0.4, 0.5) is 5.13 Å². The van der Waals surface area contributed by atoms with Crippen LogP contribution in [0.1, 0.15) is 39.8 Å². The summed E-state index contributed by atoms with van der Waals surface area (Å²) in [7, 11) is 0. The van der Waals surface area contributed by atoms with Crippen LogP contribution in [-0.2, 0) is 15.0 Å². The molecule has 3 N–H and O–H groups in total. The maximum absolute atomic E-state index is 11.5. The second-order valence-electron chi connectivity index (χ2n) is 5.37. The van der Waals surface area contributed by atoms with E-state index in [1.165, 1.54) is 11.3 Å². The van der Waals surface area contributed by atoms with Gasteiger partial charge in [0.25, 0.3) is 0 Å². The highest BCUT2D eigenvalue weighted by Crippen LogP contribution is 2.27. The summed E-state index contributed by atoms with van der Waals surface area (Å²) in [5.74, 6) is -0.930. The summed E-state index contributed by atoms with van der Waals surface area (Å²) >= 11 is 1.34. The molecule has 0 fully saturated rings. The molecule has 20 heavy (non-hydrogen) atoms. The fraction of sp³-hybridized carbons (Fsp3) is 0.615. The Morgan fingerprint density at radius 2 is 2.10 bits per heavy atom. The van der Waals surface area contributed by atoms with Gasteiger partial charge in [-0.2, -0.15) is 0 Å². The number of aromatic nitrogens is 1. The molecule has 0 saturated carbocycles. The number of thiazole rings is 1. The highest BCUT2D eigenvalue weighted by atomic mass is 32.1. The molecule has 0 aliphatic rings. The third-order valence-corrected chi connectivity index (χ3v) is 3.56. The number of carbonyl (C=O) groups excluding carboxylic acids is 1. The number of carboxylic acid groups (broad SMARTS) is 1. The van der Waals surface area contributed by atoms with E-state index in [-0.39, 0.29) is 11.9 Å². The normalized spacial score (nSPS) is 11.4. The zero-order valence-electron chi connectivity index (χ0n) is 12.2. The van der Waals surface area contributed by atoms with E-state index in [1.807, 2.05) is 13.8 Å². The van der Waals surface area contributed by atoms with Crippen LogP contribution in [0.15, 0.2) is 5.38 Å². The molecule has 0 aliphatic heterocycles. The van der Waals surface area contributed by atoms with Crippen LogP contribution in [0.25, 0.3) is 0 Å². The lowest BCUT2D eigenvalue weighted by Crippen LogP contribution is -2.31. The van der Waals surface area contributed by atoms with E-state index in [9.17, 15) is 9.59 Å². The lowest BCUT2D eigenvalue weighted by molar-refractivity contribution is -0.142. The van der Waals surface area contributed by atoms with Crippen LogP contribution in [0.3, 0.4) is 0 Å². The molecule has 0 bridgehead atoms. The zero-order valence-corrected chi connectivity index (χ0v) is 13.0. The molecule has 1 heterocycles. The summed E-state index contributed by atoms with van der Waals surface area (Å²) in [5.41, 5.74) is -0.491. The summed E-state index contributed by atoms with van der Waals surface area (Å²) < 4.78 is 0. The Bertz CT molecular complexity index is 483. The first-order valence-electron chi connectivity index (χ1n) is 6.46. The monoisotopic (exact) mass is 299 g/mol. The molecule has 7 heteroatoms. The van der Waals surface area contributed by atoms with Crippen molar-refractivity contribution in [1.82, 2.24) is 10.3 Å². The van der Waals surface area contributed by atoms with Gasteiger partial charge < -0.3 is 15.7 Å². The SMILES string of the molecule is CC(C)NC(=O)CCNc1nc(C(C)(C)C(=O)O)cs1. The van der Waals surface area contributed by atoms with Gasteiger partial charge in [-0.25, -0.2) is 4.98 Å². The van der Waals surface area contributed by atoms with E-state index in [4.69, 9.17) is 5.11 Å². The predicted octanol–water partition coefficient (Wildman–Crippen LogP) is 1.83.